The summed E-state index contributed by atoms with van der Waals surface area (Å²) in [6.45, 7) is 2.52. The molecule has 118 valence electrons. The first-order valence-electron chi connectivity index (χ1n) is 7.59. The molecule has 2 atom stereocenters. The van der Waals surface area contributed by atoms with Crippen LogP contribution in [-0.2, 0) is 4.79 Å². The Balaban J connectivity index is 1.56. The number of hydrogen-bond acceptors (Lipinski definition) is 5. The molecule has 22 heavy (non-hydrogen) atoms. The van der Waals surface area contributed by atoms with E-state index in [1.165, 1.54) is 18.3 Å². The summed E-state index contributed by atoms with van der Waals surface area (Å²) in [5, 5.41) is 15.4. The number of aromatic hydroxyl groups is 1. The van der Waals surface area contributed by atoms with Crippen LogP contribution < -0.4 is 10.6 Å². The number of pyridine rings is 1. The van der Waals surface area contributed by atoms with E-state index < -0.39 is 5.91 Å². The number of aromatic nitrogens is 1. The van der Waals surface area contributed by atoms with Crippen LogP contribution in [0.15, 0.2) is 18.3 Å². The molecule has 3 heterocycles. The molecule has 2 saturated heterocycles. The summed E-state index contributed by atoms with van der Waals surface area (Å²) in [4.78, 5) is 30.0. The van der Waals surface area contributed by atoms with Gasteiger partial charge in [-0.25, -0.2) is 4.98 Å². The normalized spacial score (nSPS) is 23.9. The van der Waals surface area contributed by atoms with Gasteiger partial charge in [-0.2, -0.15) is 0 Å². The third kappa shape index (κ3) is 2.89. The summed E-state index contributed by atoms with van der Waals surface area (Å²) < 4.78 is 0. The second-order valence-electron chi connectivity index (χ2n) is 5.75. The van der Waals surface area contributed by atoms with Gasteiger partial charge >= 0.3 is 0 Å². The van der Waals surface area contributed by atoms with Gasteiger partial charge in [-0.15, -0.1) is 0 Å². The number of hydrogen-bond donors (Lipinski definition) is 3. The quantitative estimate of drug-likeness (QED) is 0.714. The van der Waals surface area contributed by atoms with Gasteiger partial charge in [-0.05, 0) is 37.4 Å². The van der Waals surface area contributed by atoms with Gasteiger partial charge < -0.3 is 20.6 Å². The lowest BCUT2D eigenvalue weighted by molar-refractivity contribution is -0.131. The Morgan fingerprint density at radius 1 is 1.45 bits per heavy atom. The van der Waals surface area contributed by atoms with E-state index in [1.54, 1.807) is 0 Å². The number of amides is 2. The van der Waals surface area contributed by atoms with Crippen molar-refractivity contribution in [1.82, 2.24) is 20.5 Å². The molecule has 2 unspecified atom stereocenters. The zero-order chi connectivity index (χ0) is 15.5. The van der Waals surface area contributed by atoms with Crippen molar-refractivity contribution in [2.75, 3.05) is 26.2 Å². The molecular formula is C15H20N4O3. The smallest absolute Gasteiger partial charge is 0.274 e. The van der Waals surface area contributed by atoms with Crippen LogP contribution >= 0.6 is 0 Å². The van der Waals surface area contributed by atoms with E-state index in [0.717, 1.165) is 32.5 Å². The molecule has 0 saturated carbocycles. The highest BCUT2D eigenvalue weighted by Crippen LogP contribution is 2.28. The molecule has 0 radical (unpaired) electrons. The summed E-state index contributed by atoms with van der Waals surface area (Å²) in [7, 11) is 0. The molecule has 7 heteroatoms. The lowest BCUT2D eigenvalue weighted by Crippen LogP contribution is -2.50. The summed E-state index contributed by atoms with van der Waals surface area (Å²) in [6.07, 6.45) is 3.56. The highest BCUT2D eigenvalue weighted by Gasteiger charge is 2.38. The third-order valence-corrected chi connectivity index (χ3v) is 4.45. The predicted molar refractivity (Wildman–Crippen MR) is 79.3 cm³/mol. The first-order chi connectivity index (χ1) is 10.7. The molecule has 0 spiro atoms. The van der Waals surface area contributed by atoms with E-state index in [-0.39, 0.29) is 29.9 Å². The minimum atomic E-state index is -0.538. The topological polar surface area (TPSA) is 94.6 Å². The Labute approximate surface area is 128 Å². The molecule has 2 aliphatic heterocycles. The Hall–Kier alpha value is -2.15. The molecule has 0 aromatic carbocycles. The molecule has 0 bridgehead atoms. The highest BCUT2D eigenvalue weighted by atomic mass is 16.3. The molecule has 0 aliphatic carbocycles. The Bertz CT molecular complexity index is 578. The minimum absolute atomic E-state index is 0.0612. The zero-order valence-corrected chi connectivity index (χ0v) is 12.3. The number of piperidine rings is 1. The summed E-state index contributed by atoms with van der Waals surface area (Å²) in [5.74, 6) is -0.241. The van der Waals surface area contributed by atoms with Gasteiger partial charge in [-0.1, -0.05) is 0 Å². The van der Waals surface area contributed by atoms with Gasteiger partial charge in [0.25, 0.3) is 5.91 Å². The van der Waals surface area contributed by atoms with Crippen LogP contribution in [0, 0.1) is 5.92 Å². The van der Waals surface area contributed by atoms with E-state index in [2.05, 4.69) is 15.6 Å². The predicted octanol–water partition coefficient (Wildman–Crippen LogP) is -0.273. The standard InChI is InChI=1S/C15H20N4O3/c20-12-2-1-5-17-14(12)15(22)18-9-13(21)19-7-4-10-3-6-16-8-11(10)19/h1-2,5,10-11,16,20H,3-4,6-9H2,(H,18,22). The largest absolute Gasteiger partial charge is 0.505 e. The number of rotatable bonds is 3. The SMILES string of the molecule is O=C(NCC(=O)N1CCC2CCNCC21)c1ncccc1O. The summed E-state index contributed by atoms with van der Waals surface area (Å²) >= 11 is 0. The second-order valence-corrected chi connectivity index (χ2v) is 5.75. The van der Waals surface area contributed by atoms with E-state index >= 15 is 0 Å². The number of carbonyl (C=O) groups excluding carboxylic acids is 2. The van der Waals surface area contributed by atoms with Crippen molar-refractivity contribution in [3.8, 4) is 5.75 Å². The van der Waals surface area contributed by atoms with Crippen molar-refractivity contribution in [3.63, 3.8) is 0 Å². The molecule has 2 fully saturated rings. The van der Waals surface area contributed by atoms with Crippen LogP contribution in [0.1, 0.15) is 23.3 Å². The number of nitrogens with zero attached hydrogens (tertiary/aromatic N) is 2. The second kappa shape index (κ2) is 6.31. The molecule has 1 aromatic rings. The maximum absolute atomic E-state index is 12.3. The lowest BCUT2D eigenvalue weighted by atomic mass is 9.93. The van der Waals surface area contributed by atoms with Crippen LogP contribution in [0.25, 0.3) is 0 Å². The van der Waals surface area contributed by atoms with Crippen molar-refractivity contribution < 1.29 is 14.7 Å². The van der Waals surface area contributed by atoms with Crippen LogP contribution in [-0.4, -0.2) is 59.0 Å². The van der Waals surface area contributed by atoms with E-state index in [0.29, 0.717) is 5.92 Å². The lowest BCUT2D eigenvalue weighted by Gasteiger charge is -2.32. The average Bonchev–Trinajstić information content (AvgIpc) is 2.97. The molecule has 1 aromatic heterocycles. The van der Waals surface area contributed by atoms with Crippen LogP contribution in [0.5, 0.6) is 5.75 Å². The van der Waals surface area contributed by atoms with Crippen molar-refractivity contribution in [1.29, 1.82) is 0 Å². The third-order valence-electron chi connectivity index (χ3n) is 4.45. The first-order valence-corrected chi connectivity index (χ1v) is 7.59. The van der Waals surface area contributed by atoms with E-state index in [9.17, 15) is 14.7 Å². The van der Waals surface area contributed by atoms with Gasteiger partial charge in [0, 0.05) is 25.3 Å². The fourth-order valence-corrected chi connectivity index (χ4v) is 3.29. The molecule has 2 aliphatic rings. The Kier molecular flexibility index (Phi) is 4.24. The van der Waals surface area contributed by atoms with Gasteiger partial charge in [0.1, 0.15) is 5.75 Å². The van der Waals surface area contributed by atoms with Crippen LogP contribution in [0.4, 0.5) is 0 Å². The number of nitrogens with one attached hydrogen (secondary N) is 2. The Morgan fingerprint density at radius 3 is 3.14 bits per heavy atom. The van der Waals surface area contributed by atoms with Crippen molar-refractivity contribution in [3.05, 3.63) is 24.0 Å². The van der Waals surface area contributed by atoms with Crippen molar-refractivity contribution >= 4 is 11.8 Å². The maximum atomic E-state index is 12.3. The van der Waals surface area contributed by atoms with Gasteiger partial charge in [0.05, 0.1) is 6.54 Å². The zero-order valence-electron chi connectivity index (χ0n) is 12.3. The van der Waals surface area contributed by atoms with Gasteiger partial charge in [0.15, 0.2) is 5.69 Å². The molecule has 3 rings (SSSR count). The number of likely N-dealkylation sites (tertiary alicyclic amines) is 1. The van der Waals surface area contributed by atoms with Crippen LogP contribution in [0.3, 0.4) is 0 Å². The summed E-state index contributed by atoms with van der Waals surface area (Å²) in [6, 6.07) is 3.17. The highest BCUT2D eigenvalue weighted by molar-refractivity contribution is 5.96. The monoisotopic (exact) mass is 304 g/mol. The fourth-order valence-electron chi connectivity index (χ4n) is 3.29. The maximum Gasteiger partial charge on any atom is 0.274 e. The van der Waals surface area contributed by atoms with Crippen LogP contribution in [0.2, 0.25) is 0 Å². The van der Waals surface area contributed by atoms with Gasteiger partial charge in [-0.3, -0.25) is 9.59 Å². The van der Waals surface area contributed by atoms with E-state index in [4.69, 9.17) is 0 Å². The molecular weight excluding hydrogens is 284 g/mol. The van der Waals surface area contributed by atoms with Crippen molar-refractivity contribution in [2.24, 2.45) is 5.92 Å². The number of fused-ring (bicyclic) bond motifs is 1. The minimum Gasteiger partial charge on any atom is -0.505 e. The Morgan fingerprint density at radius 2 is 2.32 bits per heavy atom. The first kappa shape index (κ1) is 14.8. The number of carbonyl (C=O) groups is 2. The van der Waals surface area contributed by atoms with E-state index in [1.807, 2.05) is 4.90 Å². The molecule has 7 nitrogen and oxygen atoms in total. The van der Waals surface area contributed by atoms with Crippen molar-refractivity contribution in [2.45, 2.75) is 18.9 Å². The molecule has 3 N–H and O–H groups in total. The molecule has 2 amide bonds. The fraction of sp³-hybridized carbons (Fsp3) is 0.533. The average molecular weight is 304 g/mol. The summed E-state index contributed by atoms with van der Waals surface area (Å²) in [5.41, 5.74) is -0.0612. The van der Waals surface area contributed by atoms with Gasteiger partial charge in [0.2, 0.25) is 5.91 Å².